The van der Waals surface area contributed by atoms with Crippen LogP contribution in [0.4, 0.5) is 17.1 Å². The number of hydrogen-bond donors (Lipinski definition) is 3. The first-order valence-corrected chi connectivity index (χ1v) is 8.95. The van der Waals surface area contributed by atoms with Crippen LogP contribution in [0, 0.1) is 13.8 Å². The van der Waals surface area contributed by atoms with Crippen LogP contribution in [0.25, 0.3) is 0 Å². The van der Waals surface area contributed by atoms with E-state index in [0.29, 0.717) is 16.9 Å². The van der Waals surface area contributed by atoms with Crippen molar-refractivity contribution in [1.29, 1.82) is 0 Å². The first-order valence-electron chi connectivity index (χ1n) is 8.95. The Balaban J connectivity index is 1.65. The third-order valence-electron chi connectivity index (χ3n) is 4.42. The number of para-hydroxylation sites is 2. The standard InChI is InChI=1S/C21H23N5O2/c1-14-20(15(2)26(3)25-14)24-19(27)13-22-17-11-7-8-12-18(17)23-21(28)16-9-5-4-6-10-16/h4-12,22H,13H2,1-3H3,(H,23,28)(H,24,27). The Morgan fingerprint density at radius 1 is 0.929 bits per heavy atom. The van der Waals surface area contributed by atoms with Crippen LogP contribution in [-0.4, -0.2) is 28.1 Å². The van der Waals surface area contributed by atoms with Crippen molar-refractivity contribution in [2.45, 2.75) is 13.8 Å². The van der Waals surface area contributed by atoms with Crippen molar-refractivity contribution in [1.82, 2.24) is 9.78 Å². The van der Waals surface area contributed by atoms with E-state index in [1.54, 1.807) is 22.9 Å². The second-order valence-electron chi connectivity index (χ2n) is 6.44. The minimum Gasteiger partial charge on any atom is -0.374 e. The molecular weight excluding hydrogens is 354 g/mol. The van der Waals surface area contributed by atoms with E-state index in [0.717, 1.165) is 17.1 Å². The number of carbonyl (C=O) groups excluding carboxylic acids is 2. The maximum Gasteiger partial charge on any atom is 0.255 e. The van der Waals surface area contributed by atoms with Crippen LogP contribution in [-0.2, 0) is 11.8 Å². The highest BCUT2D eigenvalue weighted by atomic mass is 16.2. The van der Waals surface area contributed by atoms with Gasteiger partial charge in [0.25, 0.3) is 5.91 Å². The van der Waals surface area contributed by atoms with Crippen LogP contribution in [0.5, 0.6) is 0 Å². The lowest BCUT2D eigenvalue weighted by atomic mass is 10.2. The molecule has 0 fully saturated rings. The predicted molar refractivity (Wildman–Crippen MR) is 111 cm³/mol. The van der Waals surface area contributed by atoms with Gasteiger partial charge in [0.05, 0.1) is 35.0 Å². The van der Waals surface area contributed by atoms with Crippen molar-refractivity contribution in [3.63, 3.8) is 0 Å². The quantitative estimate of drug-likeness (QED) is 0.615. The van der Waals surface area contributed by atoms with Crippen molar-refractivity contribution in [3.05, 3.63) is 71.5 Å². The summed E-state index contributed by atoms with van der Waals surface area (Å²) in [6.07, 6.45) is 0. The van der Waals surface area contributed by atoms with E-state index in [1.807, 2.05) is 57.3 Å². The van der Waals surface area contributed by atoms with Gasteiger partial charge in [0.2, 0.25) is 5.91 Å². The summed E-state index contributed by atoms with van der Waals surface area (Å²) in [5.74, 6) is -0.399. The summed E-state index contributed by atoms with van der Waals surface area (Å²) < 4.78 is 1.73. The molecule has 1 aromatic heterocycles. The molecule has 0 aliphatic rings. The van der Waals surface area contributed by atoms with Crippen molar-refractivity contribution in [3.8, 4) is 0 Å². The van der Waals surface area contributed by atoms with Crippen molar-refractivity contribution in [2.75, 3.05) is 22.5 Å². The highest BCUT2D eigenvalue weighted by Gasteiger charge is 2.13. The molecule has 0 saturated carbocycles. The van der Waals surface area contributed by atoms with Gasteiger partial charge in [-0.15, -0.1) is 0 Å². The second-order valence-corrected chi connectivity index (χ2v) is 6.44. The van der Waals surface area contributed by atoms with E-state index in [9.17, 15) is 9.59 Å². The van der Waals surface area contributed by atoms with Crippen molar-refractivity contribution < 1.29 is 9.59 Å². The predicted octanol–water partition coefficient (Wildman–Crippen LogP) is 3.34. The normalized spacial score (nSPS) is 10.4. The third kappa shape index (κ3) is 4.37. The molecule has 7 nitrogen and oxygen atoms in total. The lowest BCUT2D eigenvalue weighted by Gasteiger charge is -2.13. The van der Waals surface area contributed by atoms with Crippen LogP contribution in [0.1, 0.15) is 21.7 Å². The second kappa shape index (κ2) is 8.39. The summed E-state index contributed by atoms with van der Waals surface area (Å²) in [5, 5.41) is 13.1. The summed E-state index contributed by atoms with van der Waals surface area (Å²) in [4.78, 5) is 24.8. The molecule has 3 N–H and O–H groups in total. The molecule has 0 radical (unpaired) electrons. The van der Waals surface area contributed by atoms with Crippen LogP contribution in [0.15, 0.2) is 54.6 Å². The molecule has 1 heterocycles. The number of anilines is 3. The SMILES string of the molecule is Cc1nn(C)c(C)c1NC(=O)CNc1ccccc1NC(=O)c1ccccc1. The van der Waals surface area contributed by atoms with Gasteiger partial charge in [0.1, 0.15) is 0 Å². The number of nitrogens with zero attached hydrogens (tertiary/aromatic N) is 2. The number of amides is 2. The van der Waals surface area contributed by atoms with Gasteiger partial charge in [-0.1, -0.05) is 30.3 Å². The maximum atomic E-state index is 12.4. The fourth-order valence-corrected chi connectivity index (χ4v) is 2.84. The van der Waals surface area contributed by atoms with Crippen LogP contribution in [0.2, 0.25) is 0 Å². The summed E-state index contributed by atoms with van der Waals surface area (Å²) in [7, 11) is 1.84. The van der Waals surface area contributed by atoms with Gasteiger partial charge >= 0.3 is 0 Å². The molecule has 2 aromatic carbocycles. The first kappa shape index (κ1) is 19.2. The van der Waals surface area contributed by atoms with E-state index in [4.69, 9.17) is 0 Å². The molecule has 0 aliphatic carbocycles. The van der Waals surface area contributed by atoms with Gasteiger partial charge in [0.15, 0.2) is 0 Å². The smallest absolute Gasteiger partial charge is 0.255 e. The zero-order valence-electron chi connectivity index (χ0n) is 16.1. The Morgan fingerprint density at radius 2 is 1.57 bits per heavy atom. The summed E-state index contributed by atoms with van der Waals surface area (Å²) in [5.41, 5.74) is 4.22. The zero-order chi connectivity index (χ0) is 20.1. The summed E-state index contributed by atoms with van der Waals surface area (Å²) in [6, 6.07) is 16.2. The first-order chi connectivity index (χ1) is 13.5. The maximum absolute atomic E-state index is 12.4. The molecular formula is C21H23N5O2. The minimum atomic E-state index is -0.207. The van der Waals surface area contributed by atoms with E-state index in [1.165, 1.54) is 0 Å². The number of nitrogens with one attached hydrogen (secondary N) is 3. The minimum absolute atomic E-state index is 0.0615. The van der Waals surface area contributed by atoms with Crippen LogP contribution < -0.4 is 16.0 Å². The highest BCUT2D eigenvalue weighted by molar-refractivity contribution is 6.06. The number of benzene rings is 2. The molecule has 144 valence electrons. The van der Waals surface area contributed by atoms with E-state index in [-0.39, 0.29) is 18.4 Å². The number of carbonyl (C=O) groups is 2. The average molecular weight is 377 g/mol. The van der Waals surface area contributed by atoms with Crippen molar-refractivity contribution in [2.24, 2.45) is 7.05 Å². The van der Waals surface area contributed by atoms with Crippen LogP contribution >= 0.6 is 0 Å². The lowest BCUT2D eigenvalue weighted by Crippen LogP contribution is -2.23. The summed E-state index contributed by atoms with van der Waals surface area (Å²) >= 11 is 0. The average Bonchev–Trinajstić information content (AvgIpc) is 2.94. The van der Waals surface area contributed by atoms with Gasteiger partial charge in [0, 0.05) is 12.6 Å². The Bertz CT molecular complexity index is 995. The monoisotopic (exact) mass is 377 g/mol. The topological polar surface area (TPSA) is 88.1 Å². The van der Waals surface area contributed by atoms with Crippen LogP contribution in [0.3, 0.4) is 0 Å². The Hall–Kier alpha value is -3.61. The molecule has 28 heavy (non-hydrogen) atoms. The molecule has 0 aliphatic heterocycles. The van der Waals surface area contributed by atoms with Gasteiger partial charge in [-0.2, -0.15) is 5.10 Å². The molecule has 0 saturated heterocycles. The third-order valence-corrected chi connectivity index (χ3v) is 4.42. The molecule has 2 amide bonds. The summed E-state index contributed by atoms with van der Waals surface area (Å²) in [6.45, 7) is 3.81. The number of aryl methyl sites for hydroxylation is 2. The zero-order valence-corrected chi connectivity index (χ0v) is 16.1. The van der Waals surface area contributed by atoms with Gasteiger partial charge in [-0.3, -0.25) is 14.3 Å². The molecule has 0 bridgehead atoms. The fraction of sp³-hybridized carbons (Fsp3) is 0.190. The van der Waals surface area contributed by atoms with E-state index in [2.05, 4.69) is 21.0 Å². The molecule has 0 atom stereocenters. The fourth-order valence-electron chi connectivity index (χ4n) is 2.84. The number of rotatable bonds is 6. The number of aromatic nitrogens is 2. The Morgan fingerprint density at radius 3 is 2.21 bits per heavy atom. The molecule has 7 heteroatoms. The number of hydrogen-bond acceptors (Lipinski definition) is 4. The van der Waals surface area contributed by atoms with Gasteiger partial charge in [-0.25, -0.2) is 0 Å². The molecule has 3 aromatic rings. The van der Waals surface area contributed by atoms with Crippen molar-refractivity contribution >= 4 is 28.9 Å². The van der Waals surface area contributed by atoms with Gasteiger partial charge < -0.3 is 16.0 Å². The molecule has 3 rings (SSSR count). The molecule has 0 unspecified atom stereocenters. The van der Waals surface area contributed by atoms with E-state index >= 15 is 0 Å². The van der Waals surface area contributed by atoms with E-state index < -0.39 is 0 Å². The molecule has 0 spiro atoms. The highest BCUT2D eigenvalue weighted by Crippen LogP contribution is 2.22. The Kier molecular flexibility index (Phi) is 5.74. The lowest BCUT2D eigenvalue weighted by molar-refractivity contribution is -0.114. The largest absolute Gasteiger partial charge is 0.374 e. The Labute approximate surface area is 163 Å². The van der Waals surface area contributed by atoms with Gasteiger partial charge in [-0.05, 0) is 38.1 Å².